The predicted octanol–water partition coefficient (Wildman–Crippen LogP) is 4.36. The molecule has 0 amide bonds. The van der Waals surface area contributed by atoms with Crippen molar-refractivity contribution >= 4 is 22.5 Å². The molecule has 142 valence electrons. The molecule has 4 rings (SSSR count). The van der Waals surface area contributed by atoms with Gasteiger partial charge in [0, 0.05) is 10.9 Å². The van der Waals surface area contributed by atoms with Gasteiger partial charge in [0.15, 0.2) is 5.69 Å². The van der Waals surface area contributed by atoms with E-state index < -0.39 is 11.4 Å². The molecule has 0 saturated heterocycles. The second-order valence-corrected chi connectivity index (χ2v) is 6.30. The van der Waals surface area contributed by atoms with Crippen molar-refractivity contribution in [1.82, 2.24) is 15.0 Å². The van der Waals surface area contributed by atoms with E-state index in [2.05, 4.69) is 25.2 Å². The predicted molar refractivity (Wildman–Crippen MR) is 104 cm³/mol. The SMILES string of the molecule is Cc1ccc2[nH]c(O)c(N=Nc3nc(-c4ccc(F)cc4)c(C#N)c(=O)[nH]3)c2c1. The number of benzene rings is 2. The number of aromatic amines is 2. The van der Waals surface area contributed by atoms with Gasteiger partial charge in [-0.3, -0.25) is 9.78 Å². The Bertz CT molecular complexity index is 1360. The number of rotatable bonds is 3. The van der Waals surface area contributed by atoms with E-state index in [1.165, 1.54) is 24.3 Å². The fourth-order valence-corrected chi connectivity index (χ4v) is 2.90. The van der Waals surface area contributed by atoms with Gasteiger partial charge < -0.3 is 10.1 Å². The quantitative estimate of drug-likeness (QED) is 0.450. The number of aryl methyl sites for hydroxylation is 1. The minimum Gasteiger partial charge on any atom is -0.493 e. The summed E-state index contributed by atoms with van der Waals surface area (Å²) in [5, 5.41) is 28.0. The van der Waals surface area contributed by atoms with Crippen LogP contribution in [0, 0.1) is 24.1 Å². The highest BCUT2D eigenvalue weighted by Crippen LogP contribution is 2.36. The van der Waals surface area contributed by atoms with Crippen molar-refractivity contribution in [3.63, 3.8) is 0 Å². The standard InChI is InChI=1S/C20H13FN6O2/c1-10-2-7-15-13(8-10)17(19(29)23-15)26-27-20-24-16(14(9-22)18(28)25-20)11-3-5-12(21)6-4-11/h2-8,23,29H,1H3,(H,24,25,28). The zero-order valence-electron chi connectivity index (χ0n) is 15.1. The van der Waals surface area contributed by atoms with Crippen LogP contribution in [-0.2, 0) is 0 Å². The van der Waals surface area contributed by atoms with Crippen molar-refractivity contribution in [3.05, 3.63) is 69.8 Å². The third-order valence-electron chi connectivity index (χ3n) is 4.29. The number of nitrogens with one attached hydrogen (secondary N) is 2. The Morgan fingerprint density at radius 3 is 2.62 bits per heavy atom. The highest BCUT2D eigenvalue weighted by atomic mass is 19.1. The largest absolute Gasteiger partial charge is 0.493 e. The molecule has 0 unspecified atom stereocenters. The van der Waals surface area contributed by atoms with E-state index in [0.717, 1.165) is 5.56 Å². The van der Waals surface area contributed by atoms with Crippen molar-refractivity contribution in [3.8, 4) is 23.2 Å². The first kappa shape index (κ1) is 18.1. The monoisotopic (exact) mass is 388 g/mol. The van der Waals surface area contributed by atoms with Gasteiger partial charge in [-0.05, 0) is 43.3 Å². The third kappa shape index (κ3) is 3.35. The van der Waals surface area contributed by atoms with Gasteiger partial charge in [-0.15, -0.1) is 10.2 Å². The van der Waals surface area contributed by atoms with Gasteiger partial charge in [0.05, 0.1) is 11.2 Å². The Balaban J connectivity index is 1.82. The molecule has 0 aliphatic rings. The van der Waals surface area contributed by atoms with Crippen LogP contribution < -0.4 is 5.56 Å². The summed E-state index contributed by atoms with van der Waals surface area (Å²) in [5.41, 5.74) is 1.36. The second kappa shape index (κ2) is 7.01. The van der Waals surface area contributed by atoms with E-state index >= 15 is 0 Å². The van der Waals surface area contributed by atoms with Crippen LogP contribution in [0.15, 0.2) is 57.5 Å². The number of aromatic nitrogens is 3. The minimum absolute atomic E-state index is 0.0594. The molecule has 2 heterocycles. The fourth-order valence-electron chi connectivity index (χ4n) is 2.90. The Morgan fingerprint density at radius 1 is 1.14 bits per heavy atom. The van der Waals surface area contributed by atoms with Gasteiger partial charge in [-0.25, -0.2) is 9.37 Å². The van der Waals surface area contributed by atoms with Gasteiger partial charge in [0.2, 0.25) is 11.8 Å². The van der Waals surface area contributed by atoms with Crippen molar-refractivity contribution in [2.24, 2.45) is 10.2 Å². The van der Waals surface area contributed by atoms with E-state index in [1.54, 1.807) is 12.1 Å². The fraction of sp³-hybridized carbons (Fsp3) is 0.0500. The molecule has 0 aliphatic heterocycles. The van der Waals surface area contributed by atoms with Gasteiger partial charge in [-0.1, -0.05) is 11.6 Å². The molecule has 0 bridgehead atoms. The van der Waals surface area contributed by atoms with Crippen LogP contribution >= 0.6 is 0 Å². The summed E-state index contributed by atoms with van der Waals surface area (Å²) in [6.07, 6.45) is 0. The molecule has 0 atom stereocenters. The second-order valence-electron chi connectivity index (χ2n) is 6.30. The molecule has 0 spiro atoms. The number of nitrogens with zero attached hydrogens (tertiary/aromatic N) is 4. The summed E-state index contributed by atoms with van der Waals surface area (Å²) >= 11 is 0. The number of azo groups is 1. The number of fused-ring (bicyclic) bond motifs is 1. The number of H-pyrrole nitrogens is 2. The maximum absolute atomic E-state index is 13.2. The number of nitriles is 1. The number of halogens is 1. The molecular formula is C20H13FN6O2. The molecule has 0 fully saturated rings. The summed E-state index contributed by atoms with van der Waals surface area (Å²) in [6.45, 7) is 1.90. The van der Waals surface area contributed by atoms with E-state index in [9.17, 15) is 19.6 Å². The van der Waals surface area contributed by atoms with Crippen LogP contribution in [0.5, 0.6) is 5.88 Å². The molecule has 4 aromatic rings. The van der Waals surface area contributed by atoms with Gasteiger partial charge in [0.25, 0.3) is 5.56 Å². The number of aromatic hydroxyl groups is 1. The molecule has 9 heteroatoms. The Morgan fingerprint density at radius 2 is 1.90 bits per heavy atom. The molecule has 0 aliphatic carbocycles. The summed E-state index contributed by atoms with van der Waals surface area (Å²) in [5.74, 6) is -0.791. The maximum Gasteiger partial charge on any atom is 0.270 e. The lowest BCUT2D eigenvalue weighted by molar-refractivity contribution is 0.459. The zero-order chi connectivity index (χ0) is 20.5. The average Bonchev–Trinajstić information content (AvgIpc) is 3.01. The maximum atomic E-state index is 13.2. The average molecular weight is 388 g/mol. The Kier molecular flexibility index (Phi) is 4.37. The van der Waals surface area contributed by atoms with Crippen molar-refractivity contribution in [2.75, 3.05) is 0 Å². The minimum atomic E-state index is -0.699. The normalized spacial score (nSPS) is 11.2. The smallest absolute Gasteiger partial charge is 0.270 e. The number of hydrogen-bond donors (Lipinski definition) is 3. The molecule has 2 aromatic carbocycles. The highest BCUT2D eigenvalue weighted by Gasteiger charge is 2.14. The lowest BCUT2D eigenvalue weighted by atomic mass is 10.1. The molecule has 0 radical (unpaired) electrons. The summed E-state index contributed by atoms with van der Waals surface area (Å²) in [7, 11) is 0. The van der Waals surface area contributed by atoms with Crippen LogP contribution in [0.1, 0.15) is 11.1 Å². The molecule has 0 saturated carbocycles. The lowest BCUT2D eigenvalue weighted by Gasteiger charge is -2.03. The van der Waals surface area contributed by atoms with Crippen LogP contribution in [0.2, 0.25) is 0 Å². The van der Waals surface area contributed by atoms with Crippen LogP contribution in [0.4, 0.5) is 16.0 Å². The molecule has 29 heavy (non-hydrogen) atoms. The highest BCUT2D eigenvalue weighted by molar-refractivity contribution is 5.94. The van der Waals surface area contributed by atoms with E-state index in [1.807, 2.05) is 19.1 Å². The first-order valence-corrected chi connectivity index (χ1v) is 8.49. The van der Waals surface area contributed by atoms with Gasteiger partial charge in [-0.2, -0.15) is 5.26 Å². The topological polar surface area (TPSA) is 130 Å². The summed E-state index contributed by atoms with van der Waals surface area (Å²) < 4.78 is 13.2. The van der Waals surface area contributed by atoms with Crippen molar-refractivity contribution in [1.29, 1.82) is 5.26 Å². The van der Waals surface area contributed by atoms with Crippen molar-refractivity contribution in [2.45, 2.75) is 6.92 Å². The van der Waals surface area contributed by atoms with Crippen LogP contribution in [0.25, 0.3) is 22.2 Å². The first-order valence-electron chi connectivity index (χ1n) is 8.49. The Hall–Kier alpha value is -4.32. The molecule has 8 nitrogen and oxygen atoms in total. The van der Waals surface area contributed by atoms with Crippen LogP contribution in [0.3, 0.4) is 0 Å². The molecule has 2 aromatic heterocycles. The van der Waals surface area contributed by atoms with E-state index in [4.69, 9.17) is 0 Å². The van der Waals surface area contributed by atoms with Crippen LogP contribution in [-0.4, -0.2) is 20.1 Å². The summed E-state index contributed by atoms with van der Waals surface area (Å²) in [4.78, 5) is 21.6. The van der Waals surface area contributed by atoms with Gasteiger partial charge >= 0.3 is 0 Å². The van der Waals surface area contributed by atoms with E-state index in [0.29, 0.717) is 16.5 Å². The molecular weight excluding hydrogens is 375 g/mol. The summed E-state index contributed by atoms with van der Waals surface area (Å²) in [6, 6.07) is 12.5. The third-order valence-corrected chi connectivity index (χ3v) is 4.29. The van der Waals surface area contributed by atoms with Gasteiger partial charge in [0.1, 0.15) is 17.4 Å². The first-order chi connectivity index (χ1) is 14.0. The van der Waals surface area contributed by atoms with Crippen molar-refractivity contribution < 1.29 is 9.50 Å². The lowest BCUT2D eigenvalue weighted by Crippen LogP contribution is -2.13. The van der Waals surface area contributed by atoms with E-state index in [-0.39, 0.29) is 28.8 Å². The Labute approximate surface area is 163 Å². The number of hydrogen-bond acceptors (Lipinski definition) is 6. The zero-order valence-corrected chi connectivity index (χ0v) is 15.1. The molecule has 3 N–H and O–H groups in total.